The fourth-order valence-electron chi connectivity index (χ4n) is 1.77. The van der Waals surface area contributed by atoms with Crippen LogP contribution in [0.4, 0.5) is 5.82 Å². The van der Waals surface area contributed by atoms with E-state index in [-0.39, 0.29) is 0 Å². The van der Waals surface area contributed by atoms with E-state index in [4.69, 9.17) is 34.8 Å². The number of hydrogen-bond acceptors (Lipinski definition) is 5. The minimum atomic E-state index is 0.317. The maximum Gasteiger partial charge on any atom is 0.149 e. The molecule has 0 amide bonds. The molecule has 0 saturated heterocycles. The van der Waals surface area contributed by atoms with Gasteiger partial charge in [0.25, 0.3) is 0 Å². The summed E-state index contributed by atoms with van der Waals surface area (Å²) >= 11 is 16.6. The Morgan fingerprint density at radius 2 is 1.33 bits per heavy atom. The Morgan fingerprint density at radius 3 is 1.83 bits per heavy atom. The van der Waals surface area contributed by atoms with E-state index in [0.717, 1.165) is 12.4 Å². The van der Waals surface area contributed by atoms with Crippen LogP contribution in [0.2, 0.25) is 15.5 Å². The Kier molecular flexibility index (Phi) is 7.18. The Labute approximate surface area is 155 Å². The molecule has 1 aromatic carbocycles. The largest absolute Gasteiger partial charge is 0.354 e. The Morgan fingerprint density at radius 1 is 0.792 bits per heavy atom. The number of benzene rings is 1. The predicted octanol–water partition coefficient (Wildman–Crippen LogP) is 4.55. The minimum absolute atomic E-state index is 0.317. The van der Waals surface area contributed by atoms with Crippen LogP contribution in [0.15, 0.2) is 55.1 Å². The highest BCUT2D eigenvalue weighted by Crippen LogP contribution is 2.13. The number of anilines is 1. The molecule has 0 saturated carbocycles. The molecular formula is C16H14Cl3N5. The predicted molar refractivity (Wildman–Crippen MR) is 97.6 cm³/mol. The second-order valence-corrected chi connectivity index (χ2v) is 5.87. The van der Waals surface area contributed by atoms with Crippen molar-refractivity contribution >= 4 is 40.6 Å². The summed E-state index contributed by atoms with van der Waals surface area (Å²) in [6, 6.07) is 10.2. The second kappa shape index (κ2) is 9.37. The molecular weight excluding hydrogens is 369 g/mol. The highest BCUT2D eigenvalue weighted by molar-refractivity contribution is 6.32. The molecule has 2 aromatic heterocycles. The van der Waals surface area contributed by atoms with E-state index in [9.17, 15) is 0 Å². The van der Waals surface area contributed by atoms with Crippen molar-refractivity contribution in [3.63, 3.8) is 0 Å². The molecule has 3 aromatic rings. The van der Waals surface area contributed by atoms with E-state index >= 15 is 0 Å². The molecule has 5 nitrogen and oxygen atoms in total. The van der Waals surface area contributed by atoms with Gasteiger partial charge in [-0.1, -0.05) is 65.1 Å². The molecule has 0 aliphatic carbocycles. The molecule has 0 aliphatic heterocycles. The molecule has 2 heterocycles. The summed E-state index contributed by atoms with van der Waals surface area (Å²) in [5.74, 6) is 0.774. The van der Waals surface area contributed by atoms with Crippen molar-refractivity contribution in [1.82, 2.24) is 19.9 Å². The van der Waals surface area contributed by atoms with Gasteiger partial charge in [-0.2, -0.15) is 0 Å². The molecule has 24 heavy (non-hydrogen) atoms. The van der Waals surface area contributed by atoms with Gasteiger partial charge in [0.2, 0.25) is 0 Å². The van der Waals surface area contributed by atoms with Crippen LogP contribution >= 0.6 is 34.8 Å². The quantitative estimate of drug-likeness (QED) is 0.665. The normalized spacial score (nSPS) is 9.83. The highest BCUT2D eigenvalue weighted by Gasteiger charge is 2.04. The van der Waals surface area contributed by atoms with Gasteiger partial charge in [-0.25, -0.2) is 9.97 Å². The topological polar surface area (TPSA) is 54.8 Å². The van der Waals surface area contributed by atoms with Crippen LogP contribution in [-0.2, 0) is 6.54 Å². The van der Waals surface area contributed by atoms with Gasteiger partial charge in [-0.3, -0.25) is 9.97 Å². The van der Waals surface area contributed by atoms with Gasteiger partial charge in [-0.05, 0) is 5.56 Å². The molecule has 0 radical (unpaired) electrons. The molecule has 0 fully saturated rings. The lowest BCUT2D eigenvalue weighted by Gasteiger charge is -2.17. The first-order chi connectivity index (χ1) is 11.5. The average molecular weight is 383 g/mol. The SMILES string of the molecule is CN(Cc1ccccc1)c1cncc(Cl)n1.Clc1cncc(Cl)n1. The number of halogens is 3. The van der Waals surface area contributed by atoms with Crippen molar-refractivity contribution in [3.8, 4) is 0 Å². The van der Waals surface area contributed by atoms with Crippen molar-refractivity contribution in [2.75, 3.05) is 11.9 Å². The highest BCUT2D eigenvalue weighted by atomic mass is 35.5. The Balaban J connectivity index is 0.000000219. The monoisotopic (exact) mass is 381 g/mol. The van der Waals surface area contributed by atoms with E-state index in [1.54, 1.807) is 6.20 Å². The standard InChI is InChI=1S/C12H12ClN3.C4H2Cl2N2/c1-16(9-10-5-3-2-4-6-10)12-8-14-7-11(13)15-12;5-3-1-7-2-4(6)8-3/h2-8H,9H2,1H3;1-2H. The van der Waals surface area contributed by atoms with E-state index < -0.39 is 0 Å². The fourth-order valence-corrected chi connectivity index (χ4v) is 2.26. The van der Waals surface area contributed by atoms with Crippen LogP contribution in [-0.4, -0.2) is 27.0 Å². The number of nitrogens with zero attached hydrogens (tertiary/aromatic N) is 5. The first kappa shape index (κ1) is 18.4. The summed E-state index contributed by atoms with van der Waals surface area (Å²) in [7, 11) is 1.97. The lowest BCUT2D eigenvalue weighted by atomic mass is 10.2. The van der Waals surface area contributed by atoms with Crippen molar-refractivity contribution in [1.29, 1.82) is 0 Å². The van der Waals surface area contributed by atoms with Crippen LogP contribution in [0.3, 0.4) is 0 Å². The molecule has 0 unspecified atom stereocenters. The Bertz CT molecular complexity index is 753. The first-order valence-corrected chi connectivity index (χ1v) is 8.03. The molecule has 0 N–H and O–H groups in total. The zero-order valence-corrected chi connectivity index (χ0v) is 15.0. The minimum Gasteiger partial charge on any atom is -0.354 e. The van der Waals surface area contributed by atoms with Gasteiger partial charge >= 0.3 is 0 Å². The molecule has 3 rings (SSSR count). The molecule has 0 aliphatic rings. The third-order valence-electron chi connectivity index (χ3n) is 2.82. The van der Waals surface area contributed by atoms with Crippen molar-refractivity contribution in [3.05, 3.63) is 76.1 Å². The van der Waals surface area contributed by atoms with Gasteiger partial charge in [0.15, 0.2) is 0 Å². The van der Waals surface area contributed by atoms with E-state index in [0.29, 0.717) is 15.5 Å². The van der Waals surface area contributed by atoms with Gasteiger partial charge in [0, 0.05) is 13.6 Å². The van der Waals surface area contributed by atoms with Crippen molar-refractivity contribution in [2.24, 2.45) is 0 Å². The van der Waals surface area contributed by atoms with Crippen LogP contribution in [0.1, 0.15) is 5.56 Å². The molecule has 8 heteroatoms. The third-order valence-corrected chi connectivity index (χ3v) is 3.37. The van der Waals surface area contributed by atoms with Crippen LogP contribution in [0, 0.1) is 0 Å². The van der Waals surface area contributed by atoms with Gasteiger partial charge in [0.05, 0.1) is 24.8 Å². The zero-order chi connectivity index (χ0) is 17.4. The summed E-state index contributed by atoms with van der Waals surface area (Å²) in [4.78, 5) is 17.5. The number of hydrogen-bond donors (Lipinski definition) is 0. The number of aromatic nitrogens is 4. The summed E-state index contributed by atoms with van der Waals surface area (Å²) in [5, 5.41) is 1.05. The van der Waals surface area contributed by atoms with Gasteiger partial charge < -0.3 is 4.90 Å². The molecule has 0 atom stereocenters. The Hall–Kier alpha value is -1.95. The lowest BCUT2D eigenvalue weighted by molar-refractivity contribution is 0.890. The van der Waals surface area contributed by atoms with Crippen molar-refractivity contribution < 1.29 is 0 Å². The fraction of sp³-hybridized carbons (Fsp3) is 0.125. The van der Waals surface area contributed by atoms with E-state index in [1.807, 2.05) is 30.1 Å². The molecule has 124 valence electrons. The smallest absolute Gasteiger partial charge is 0.149 e. The lowest BCUT2D eigenvalue weighted by Crippen LogP contribution is -2.17. The summed E-state index contributed by atoms with van der Waals surface area (Å²) in [6.07, 6.45) is 6.08. The maximum atomic E-state index is 5.79. The molecule has 0 bridgehead atoms. The summed E-state index contributed by atoms with van der Waals surface area (Å²) in [5.41, 5.74) is 1.23. The third kappa shape index (κ3) is 6.28. The van der Waals surface area contributed by atoms with Crippen LogP contribution in [0.25, 0.3) is 0 Å². The number of rotatable bonds is 3. The van der Waals surface area contributed by atoms with Crippen LogP contribution < -0.4 is 4.90 Å². The average Bonchev–Trinajstić information content (AvgIpc) is 2.56. The summed E-state index contributed by atoms with van der Waals surface area (Å²) < 4.78 is 0. The maximum absolute atomic E-state index is 5.79. The zero-order valence-electron chi connectivity index (χ0n) is 12.8. The van der Waals surface area contributed by atoms with Gasteiger partial charge in [-0.15, -0.1) is 0 Å². The first-order valence-electron chi connectivity index (χ1n) is 6.90. The molecule has 0 spiro atoms. The second-order valence-electron chi connectivity index (χ2n) is 4.71. The van der Waals surface area contributed by atoms with E-state index in [2.05, 4.69) is 32.1 Å². The summed E-state index contributed by atoms with van der Waals surface area (Å²) in [6.45, 7) is 0.788. The van der Waals surface area contributed by atoms with E-state index in [1.165, 1.54) is 24.2 Å². The van der Waals surface area contributed by atoms with Crippen LogP contribution in [0.5, 0.6) is 0 Å². The van der Waals surface area contributed by atoms with Gasteiger partial charge in [0.1, 0.15) is 21.3 Å². The van der Waals surface area contributed by atoms with Crippen molar-refractivity contribution in [2.45, 2.75) is 6.54 Å².